The van der Waals surface area contributed by atoms with E-state index in [2.05, 4.69) is 10.1 Å². The number of hydrogen-bond acceptors (Lipinski definition) is 6. The lowest BCUT2D eigenvalue weighted by molar-refractivity contribution is -0.385. The Hall–Kier alpha value is -3.69. The van der Waals surface area contributed by atoms with Gasteiger partial charge in [-0.15, -0.1) is 0 Å². The van der Waals surface area contributed by atoms with Crippen molar-refractivity contribution in [3.63, 3.8) is 0 Å². The number of alkyl halides is 2. The number of nitrogens with one attached hydrogen (secondary N) is 1. The van der Waals surface area contributed by atoms with E-state index in [1.54, 1.807) is 31.2 Å². The molecular weight excluding hydrogens is 390 g/mol. The van der Waals surface area contributed by atoms with Gasteiger partial charge in [-0.3, -0.25) is 14.9 Å². The maximum absolute atomic E-state index is 12.5. The maximum atomic E-state index is 12.5. The van der Waals surface area contributed by atoms with Crippen molar-refractivity contribution in [3.8, 4) is 17.2 Å². The molecule has 2 rings (SSSR count). The molecule has 0 aliphatic heterocycles. The van der Waals surface area contributed by atoms with Gasteiger partial charge < -0.3 is 19.5 Å². The molecule has 0 saturated carbocycles. The number of rotatable bonds is 9. The normalized spacial score (nSPS) is 10.8. The van der Waals surface area contributed by atoms with Crippen molar-refractivity contribution in [2.45, 2.75) is 13.5 Å². The number of halogens is 2. The van der Waals surface area contributed by atoms with Gasteiger partial charge >= 0.3 is 6.61 Å². The second-order valence-electron chi connectivity index (χ2n) is 5.45. The summed E-state index contributed by atoms with van der Waals surface area (Å²) < 4.78 is 39.6. The van der Waals surface area contributed by atoms with Crippen LogP contribution in [0, 0.1) is 10.1 Å². The zero-order chi connectivity index (χ0) is 21.4. The van der Waals surface area contributed by atoms with Crippen LogP contribution in [0.2, 0.25) is 0 Å². The molecule has 0 unspecified atom stereocenters. The topological polar surface area (TPSA) is 99.9 Å². The number of carbonyl (C=O) groups excluding carboxylic acids is 1. The average molecular weight is 408 g/mol. The Bertz CT molecular complexity index is 918. The third-order valence-corrected chi connectivity index (χ3v) is 3.58. The summed E-state index contributed by atoms with van der Waals surface area (Å²) in [4.78, 5) is 22.7. The van der Waals surface area contributed by atoms with Gasteiger partial charge in [0.2, 0.25) is 5.91 Å². The number of ether oxygens (including phenoxy) is 3. The van der Waals surface area contributed by atoms with Crippen LogP contribution in [-0.2, 0) is 4.79 Å². The number of para-hydroxylation sites is 2. The number of hydrogen-bond donors (Lipinski definition) is 1. The fraction of sp³-hybridized carbons (Fsp3) is 0.211. The zero-order valence-corrected chi connectivity index (χ0v) is 15.6. The number of carbonyl (C=O) groups is 1. The molecule has 2 aromatic rings. The second-order valence-corrected chi connectivity index (χ2v) is 5.45. The molecule has 0 bridgehead atoms. The highest BCUT2D eigenvalue weighted by atomic mass is 19.3. The molecule has 0 aliphatic carbocycles. The van der Waals surface area contributed by atoms with E-state index >= 15 is 0 Å². The number of methoxy groups -OCH3 is 1. The first-order valence-electron chi connectivity index (χ1n) is 8.37. The SMILES string of the molecule is CCOc1ccccc1NC(=O)C=Cc1cc(OC)c(OC(F)F)cc1[N+](=O)[O-]. The van der Waals surface area contributed by atoms with Crippen molar-refractivity contribution in [2.24, 2.45) is 0 Å². The van der Waals surface area contributed by atoms with E-state index in [9.17, 15) is 23.7 Å². The number of nitro benzene ring substituents is 1. The van der Waals surface area contributed by atoms with Gasteiger partial charge in [-0.2, -0.15) is 8.78 Å². The number of amides is 1. The van der Waals surface area contributed by atoms with E-state index in [4.69, 9.17) is 9.47 Å². The smallest absolute Gasteiger partial charge is 0.387 e. The van der Waals surface area contributed by atoms with Crippen molar-refractivity contribution in [3.05, 3.63) is 58.2 Å². The third-order valence-electron chi connectivity index (χ3n) is 3.58. The van der Waals surface area contributed by atoms with Crippen molar-refractivity contribution >= 4 is 23.4 Å². The number of nitrogens with zero attached hydrogens (tertiary/aromatic N) is 1. The summed E-state index contributed by atoms with van der Waals surface area (Å²) in [5, 5.41) is 13.9. The molecule has 1 N–H and O–H groups in total. The molecule has 0 fully saturated rings. The Morgan fingerprint density at radius 1 is 1.24 bits per heavy atom. The molecule has 154 valence electrons. The molecule has 0 saturated heterocycles. The molecule has 0 heterocycles. The minimum Gasteiger partial charge on any atom is -0.493 e. The molecular formula is C19H18F2N2O6. The summed E-state index contributed by atoms with van der Waals surface area (Å²) in [6.07, 6.45) is 2.24. The van der Waals surface area contributed by atoms with E-state index in [1.165, 1.54) is 13.2 Å². The Morgan fingerprint density at radius 2 is 1.97 bits per heavy atom. The van der Waals surface area contributed by atoms with Crippen LogP contribution >= 0.6 is 0 Å². The minimum atomic E-state index is -3.18. The first kappa shape index (κ1) is 21.6. The standard InChI is InChI=1S/C19H18F2N2O6/c1-3-28-15-7-5-4-6-13(15)22-18(24)9-8-12-10-16(27-2)17(29-19(20)21)11-14(12)23(25)26/h4-11,19H,3H2,1-2H3,(H,22,24). The van der Waals surface area contributed by atoms with E-state index < -0.39 is 28.9 Å². The monoisotopic (exact) mass is 408 g/mol. The van der Waals surface area contributed by atoms with Crippen molar-refractivity contribution in [1.29, 1.82) is 0 Å². The van der Waals surface area contributed by atoms with Gasteiger partial charge in [-0.05, 0) is 31.2 Å². The fourth-order valence-corrected chi connectivity index (χ4v) is 2.40. The molecule has 10 heteroatoms. The van der Waals surface area contributed by atoms with Crippen LogP contribution in [0.4, 0.5) is 20.2 Å². The summed E-state index contributed by atoms with van der Waals surface area (Å²) in [7, 11) is 1.20. The van der Waals surface area contributed by atoms with Gasteiger partial charge in [0.15, 0.2) is 11.5 Å². The summed E-state index contributed by atoms with van der Waals surface area (Å²) in [5.74, 6) is -0.727. The molecule has 0 radical (unpaired) electrons. The van der Waals surface area contributed by atoms with Gasteiger partial charge in [0, 0.05) is 6.08 Å². The van der Waals surface area contributed by atoms with Gasteiger partial charge in [-0.1, -0.05) is 12.1 Å². The average Bonchev–Trinajstić information content (AvgIpc) is 2.67. The molecule has 8 nitrogen and oxygen atoms in total. The first-order chi connectivity index (χ1) is 13.8. The highest BCUT2D eigenvalue weighted by molar-refractivity contribution is 6.03. The zero-order valence-electron chi connectivity index (χ0n) is 15.6. The summed E-state index contributed by atoms with van der Waals surface area (Å²) in [5.41, 5.74) is -0.126. The highest BCUT2D eigenvalue weighted by Crippen LogP contribution is 2.36. The summed E-state index contributed by atoms with van der Waals surface area (Å²) in [6.45, 7) is -0.977. The summed E-state index contributed by atoms with van der Waals surface area (Å²) >= 11 is 0. The Morgan fingerprint density at radius 3 is 2.59 bits per heavy atom. The van der Waals surface area contributed by atoms with Crippen molar-refractivity contribution in [1.82, 2.24) is 0 Å². The van der Waals surface area contributed by atoms with E-state index in [0.717, 1.165) is 18.2 Å². The van der Waals surface area contributed by atoms with Crippen LogP contribution in [-0.4, -0.2) is 31.2 Å². The first-order valence-corrected chi connectivity index (χ1v) is 8.37. The van der Waals surface area contributed by atoms with Gasteiger partial charge in [0.1, 0.15) is 5.75 Å². The lowest BCUT2D eigenvalue weighted by Crippen LogP contribution is -2.09. The molecule has 1 amide bonds. The number of nitro groups is 1. The van der Waals surface area contributed by atoms with Crippen LogP contribution < -0.4 is 19.5 Å². The Balaban J connectivity index is 2.29. The lowest BCUT2D eigenvalue weighted by atomic mass is 10.1. The van der Waals surface area contributed by atoms with Crippen LogP contribution in [0.3, 0.4) is 0 Å². The number of anilines is 1. The van der Waals surface area contributed by atoms with Gasteiger partial charge in [0.05, 0.1) is 36.0 Å². The van der Waals surface area contributed by atoms with Crippen LogP contribution in [0.25, 0.3) is 6.08 Å². The molecule has 0 spiro atoms. The fourth-order valence-electron chi connectivity index (χ4n) is 2.40. The van der Waals surface area contributed by atoms with E-state index in [1.807, 2.05) is 0 Å². The number of benzene rings is 2. The predicted octanol–water partition coefficient (Wildman–Crippen LogP) is 4.26. The molecule has 29 heavy (non-hydrogen) atoms. The molecule has 0 aromatic heterocycles. The summed E-state index contributed by atoms with van der Waals surface area (Å²) in [6, 6.07) is 8.72. The van der Waals surface area contributed by atoms with E-state index in [-0.39, 0.29) is 11.3 Å². The predicted molar refractivity (Wildman–Crippen MR) is 102 cm³/mol. The highest BCUT2D eigenvalue weighted by Gasteiger charge is 2.20. The Kier molecular flexibility index (Phi) is 7.47. The quantitative estimate of drug-likeness (QED) is 0.378. The minimum absolute atomic E-state index is 0.0262. The second kappa shape index (κ2) is 10.0. The van der Waals surface area contributed by atoms with Gasteiger partial charge in [-0.25, -0.2) is 0 Å². The van der Waals surface area contributed by atoms with Gasteiger partial charge in [0.25, 0.3) is 5.69 Å². The lowest BCUT2D eigenvalue weighted by Gasteiger charge is -2.11. The van der Waals surface area contributed by atoms with Crippen molar-refractivity contribution in [2.75, 3.05) is 19.0 Å². The third kappa shape index (κ3) is 5.89. The molecule has 2 aromatic carbocycles. The van der Waals surface area contributed by atoms with Crippen LogP contribution in [0.5, 0.6) is 17.2 Å². The maximum Gasteiger partial charge on any atom is 0.387 e. The van der Waals surface area contributed by atoms with E-state index in [0.29, 0.717) is 18.0 Å². The molecule has 0 aliphatic rings. The van der Waals surface area contributed by atoms with Crippen LogP contribution in [0.15, 0.2) is 42.5 Å². The largest absolute Gasteiger partial charge is 0.493 e. The Labute approximate surface area is 164 Å². The molecule has 0 atom stereocenters. The van der Waals surface area contributed by atoms with Crippen molar-refractivity contribution < 1.29 is 32.7 Å². The van der Waals surface area contributed by atoms with Crippen LogP contribution in [0.1, 0.15) is 12.5 Å².